The number of hydrogen-bond donors (Lipinski definition) is 0. The number of nitrogens with zero attached hydrogens (tertiary/aromatic N) is 4. The Morgan fingerprint density at radius 3 is 2.71 bits per heavy atom. The van der Waals surface area contributed by atoms with Crippen molar-refractivity contribution in [2.75, 3.05) is 18.0 Å². The molecule has 0 aromatic carbocycles. The van der Waals surface area contributed by atoms with Gasteiger partial charge < -0.3 is 4.90 Å². The predicted octanol–water partition coefficient (Wildman–Crippen LogP) is 1.84. The molecule has 1 aliphatic rings. The third kappa shape index (κ3) is 2.35. The summed E-state index contributed by atoms with van der Waals surface area (Å²) in [6.45, 7) is 3.54. The van der Waals surface area contributed by atoms with E-state index in [0.29, 0.717) is 24.7 Å². The van der Waals surface area contributed by atoms with Crippen molar-refractivity contribution in [1.82, 2.24) is 9.38 Å². The monoisotopic (exact) mass is 288 g/mol. The standard InChI is InChI=1S/C14H16N4O3/c1-10-5-8-16(9-6-10)13-12(18(20)21)14(19)17-7-3-2-4-11(17)15-13/h2-4,7,10H,5-6,8-9H2,1H3. The normalized spacial score (nSPS) is 16.3. The molecule has 0 amide bonds. The molecule has 7 nitrogen and oxygen atoms in total. The fourth-order valence-corrected chi connectivity index (χ4v) is 2.67. The lowest BCUT2D eigenvalue weighted by Gasteiger charge is -2.30. The zero-order chi connectivity index (χ0) is 15.0. The van der Waals surface area contributed by atoms with Crippen LogP contribution in [-0.2, 0) is 0 Å². The number of nitro groups is 1. The van der Waals surface area contributed by atoms with Gasteiger partial charge in [-0.2, -0.15) is 0 Å². The zero-order valence-corrected chi connectivity index (χ0v) is 11.7. The van der Waals surface area contributed by atoms with Crippen LogP contribution in [0, 0.1) is 16.0 Å². The van der Waals surface area contributed by atoms with E-state index < -0.39 is 16.2 Å². The summed E-state index contributed by atoms with van der Waals surface area (Å²) in [5.74, 6) is 0.796. The first-order chi connectivity index (χ1) is 10.1. The van der Waals surface area contributed by atoms with Gasteiger partial charge in [-0.25, -0.2) is 4.98 Å². The highest BCUT2D eigenvalue weighted by Crippen LogP contribution is 2.27. The number of pyridine rings is 1. The van der Waals surface area contributed by atoms with Crippen molar-refractivity contribution in [3.8, 4) is 0 Å². The van der Waals surface area contributed by atoms with E-state index in [1.165, 1.54) is 10.6 Å². The summed E-state index contributed by atoms with van der Waals surface area (Å²) in [7, 11) is 0. The number of piperidine rings is 1. The maximum Gasteiger partial charge on any atom is 0.376 e. The van der Waals surface area contributed by atoms with E-state index in [9.17, 15) is 14.9 Å². The summed E-state index contributed by atoms with van der Waals surface area (Å²) in [6.07, 6.45) is 3.40. The van der Waals surface area contributed by atoms with Crippen LogP contribution in [-0.4, -0.2) is 27.4 Å². The van der Waals surface area contributed by atoms with Crippen LogP contribution in [0.5, 0.6) is 0 Å². The van der Waals surface area contributed by atoms with Gasteiger partial charge in [-0.15, -0.1) is 0 Å². The van der Waals surface area contributed by atoms with Gasteiger partial charge in [-0.05, 0) is 30.9 Å². The van der Waals surface area contributed by atoms with Gasteiger partial charge in [-0.3, -0.25) is 19.3 Å². The van der Waals surface area contributed by atoms with E-state index in [0.717, 1.165) is 12.8 Å². The Balaban J connectivity index is 2.18. The van der Waals surface area contributed by atoms with Gasteiger partial charge in [0.05, 0.1) is 4.92 Å². The van der Waals surface area contributed by atoms with Crippen LogP contribution in [0.3, 0.4) is 0 Å². The van der Waals surface area contributed by atoms with E-state index >= 15 is 0 Å². The Morgan fingerprint density at radius 2 is 2.05 bits per heavy atom. The predicted molar refractivity (Wildman–Crippen MR) is 78.7 cm³/mol. The molecule has 0 atom stereocenters. The lowest BCUT2D eigenvalue weighted by atomic mass is 9.99. The van der Waals surface area contributed by atoms with Crippen LogP contribution in [0.25, 0.3) is 5.65 Å². The minimum absolute atomic E-state index is 0.197. The minimum Gasteiger partial charge on any atom is -0.351 e. The third-order valence-corrected chi connectivity index (χ3v) is 3.96. The average molecular weight is 288 g/mol. The lowest BCUT2D eigenvalue weighted by molar-refractivity contribution is -0.385. The molecule has 0 bridgehead atoms. The molecule has 0 spiro atoms. The van der Waals surface area contributed by atoms with Crippen molar-refractivity contribution >= 4 is 17.2 Å². The molecule has 7 heteroatoms. The van der Waals surface area contributed by atoms with Gasteiger partial charge in [0, 0.05) is 19.3 Å². The molecule has 110 valence electrons. The van der Waals surface area contributed by atoms with E-state index in [4.69, 9.17) is 0 Å². The minimum atomic E-state index is -0.626. The first kappa shape index (κ1) is 13.5. The lowest BCUT2D eigenvalue weighted by Crippen LogP contribution is -2.35. The smallest absolute Gasteiger partial charge is 0.351 e. The highest BCUT2D eigenvalue weighted by molar-refractivity contribution is 5.61. The molecule has 21 heavy (non-hydrogen) atoms. The summed E-state index contributed by atoms with van der Waals surface area (Å²) >= 11 is 0. The molecule has 2 aromatic rings. The Labute approximate surface area is 121 Å². The fourth-order valence-electron chi connectivity index (χ4n) is 2.67. The molecule has 1 fully saturated rings. The second kappa shape index (κ2) is 5.16. The first-order valence-electron chi connectivity index (χ1n) is 6.98. The average Bonchev–Trinajstić information content (AvgIpc) is 2.47. The molecular formula is C14H16N4O3. The quantitative estimate of drug-likeness (QED) is 0.622. The number of anilines is 1. The van der Waals surface area contributed by atoms with E-state index in [1.54, 1.807) is 18.2 Å². The van der Waals surface area contributed by atoms with Gasteiger partial charge in [-0.1, -0.05) is 13.0 Å². The van der Waals surface area contributed by atoms with Crippen molar-refractivity contribution in [2.24, 2.45) is 5.92 Å². The van der Waals surface area contributed by atoms with Gasteiger partial charge in [0.25, 0.3) is 0 Å². The van der Waals surface area contributed by atoms with Crippen LogP contribution in [0.4, 0.5) is 11.5 Å². The molecule has 0 aliphatic carbocycles. The highest BCUT2D eigenvalue weighted by atomic mass is 16.6. The van der Waals surface area contributed by atoms with Crippen LogP contribution >= 0.6 is 0 Å². The SMILES string of the molecule is CC1CCN(c2nc3ccccn3c(=O)c2[N+](=O)[O-])CC1. The molecule has 0 saturated carbocycles. The molecular weight excluding hydrogens is 272 g/mol. The molecule has 2 aromatic heterocycles. The van der Waals surface area contributed by atoms with Gasteiger partial charge in [0.2, 0.25) is 5.82 Å². The Bertz CT molecular complexity index is 747. The Kier molecular flexibility index (Phi) is 3.32. The zero-order valence-electron chi connectivity index (χ0n) is 11.7. The van der Waals surface area contributed by atoms with Crippen molar-refractivity contribution in [3.63, 3.8) is 0 Å². The van der Waals surface area contributed by atoms with E-state index in [-0.39, 0.29) is 5.82 Å². The largest absolute Gasteiger partial charge is 0.376 e. The second-order valence-electron chi connectivity index (χ2n) is 5.44. The Morgan fingerprint density at radius 1 is 1.33 bits per heavy atom. The molecule has 1 saturated heterocycles. The number of hydrogen-bond acceptors (Lipinski definition) is 5. The van der Waals surface area contributed by atoms with Crippen LogP contribution in [0.15, 0.2) is 29.2 Å². The van der Waals surface area contributed by atoms with Gasteiger partial charge >= 0.3 is 11.2 Å². The van der Waals surface area contributed by atoms with Crippen molar-refractivity contribution in [2.45, 2.75) is 19.8 Å². The van der Waals surface area contributed by atoms with Crippen LogP contribution in [0.1, 0.15) is 19.8 Å². The van der Waals surface area contributed by atoms with E-state index in [2.05, 4.69) is 11.9 Å². The van der Waals surface area contributed by atoms with Crippen LogP contribution < -0.4 is 10.5 Å². The number of fused-ring (bicyclic) bond motifs is 1. The second-order valence-corrected chi connectivity index (χ2v) is 5.44. The molecule has 0 radical (unpaired) electrons. The summed E-state index contributed by atoms with van der Waals surface area (Å²) in [6, 6.07) is 5.10. The summed E-state index contributed by atoms with van der Waals surface area (Å²) in [5.41, 5.74) is -0.630. The number of rotatable bonds is 2. The molecule has 3 heterocycles. The topological polar surface area (TPSA) is 80.8 Å². The van der Waals surface area contributed by atoms with Gasteiger partial charge in [0.15, 0.2) is 0 Å². The molecule has 0 unspecified atom stereocenters. The van der Waals surface area contributed by atoms with Crippen molar-refractivity contribution in [3.05, 3.63) is 44.9 Å². The van der Waals surface area contributed by atoms with Crippen molar-refractivity contribution in [1.29, 1.82) is 0 Å². The maximum atomic E-state index is 12.4. The first-order valence-corrected chi connectivity index (χ1v) is 6.98. The van der Waals surface area contributed by atoms with Crippen molar-refractivity contribution < 1.29 is 4.92 Å². The fraction of sp³-hybridized carbons (Fsp3) is 0.429. The third-order valence-electron chi connectivity index (χ3n) is 3.96. The molecule has 0 N–H and O–H groups in total. The molecule has 1 aliphatic heterocycles. The Hall–Kier alpha value is -2.44. The highest BCUT2D eigenvalue weighted by Gasteiger charge is 2.29. The maximum absolute atomic E-state index is 12.4. The summed E-state index contributed by atoms with van der Waals surface area (Å²) in [5, 5.41) is 11.3. The van der Waals surface area contributed by atoms with E-state index in [1.807, 2.05) is 4.90 Å². The van der Waals surface area contributed by atoms with Crippen LogP contribution in [0.2, 0.25) is 0 Å². The summed E-state index contributed by atoms with van der Waals surface area (Å²) in [4.78, 5) is 29.3. The van der Waals surface area contributed by atoms with Gasteiger partial charge in [0.1, 0.15) is 5.65 Å². The number of aromatic nitrogens is 2. The molecule has 3 rings (SSSR count). The summed E-state index contributed by atoms with van der Waals surface area (Å²) < 4.78 is 1.22.